The van der Waals surface area contributed by atoms with Gasteiger partial charge in [-0.1, -0.05) is 42.5 Å². The molecule has 7 nitrogen and oxygen atoms in total. The molecule has 0 aliphatic carbocycles. The number of nitrogens with one attached hydrogen (secondary N) is 1. The van der Waals surface area contributed by atoms with Crippen molar-refractivity contribution in [1.82, 2.24) is 19.8 Å². The van der Waals surface area contributed by atoms with E-state index in [1.165, 1.54) is 11.8 Å². The summed E-state index contributed by atoms with van der Waals surface area (Å²) in [5.74, 6) is -1.41. The van der Waals surface area contributed by atoms with Crippen molar-refractivity contribution in [2.45, 2.75) is 52.1 Å². The van der Waals surface area contributed by atoms with Gasteiger partial charge in [0.2, 0.25) is 11.8 Å². The zero-order chi connectivity index (χ0) is 29.5. The molecule has 4 aromatic rings. The molecule has 0 bridgehead atoms. The first-order chi connectivity index (χ1) is 20.4. The number of aromatic amines is 1. The zero-order valence-electron chi connectivity index (χ0n) is 24.0. The number of para-hydroxylation sites is 2. The first-order valence-corrected chi connectivity index (χ1v) is 14.6. The van der Waals surface area contributed by atoms with Crippen molar-refractivity contribution in [3.8, 4) is 0 Å². The lowest BCUT2D eigenvalue weighted by Crippen LogP contribution is -2.38. The van der Waals surface area contributed by atoms with Gasteiger partial charge in [-0.25, -0.2) is 13.8 Å². The molecule has 3 aromatic carbocycles. The van der Waals surface area contributed by atoms with Crippen molar-refractivity contribution >= 4 is 28.5 Å². The van der Waals surface area contributed by atoms with Crippen molar-refractivity contribution < 1.29 is 18.4 Å². The normalized spacial score (nSPS) is 14.9. The predicted molar refractivity (Wildman–Crippen MR) is 160 cm³/mol. The van der Waals surface area contributed by atoms with Gasteiger partial charge in [-0.15, -0.1) is 0 Å². The van der Waals surface area contributed by atoms with E-state index in [1.807, 2.05) is 42.5 Å². The first-order valence-electron chi connectivity index (χ1n) is 14.6. The average Bonchev–Trinajstić information content (AvgIpc) is 3.39. The Balaban J connectivity index is 1.32. The molecular formula is C33H37F2N5O2. The van der Waals surface area contributed by atoms with E-state index in [0.29, 0.717) is 63.2 Å². The summed E-state index contributed by atoms with van der Waals surface area (Å²) in [5, 5.41) is 0. The van der Waals surface area contributed by atoms with Gasteiger partial charge in [0.25, 0.3) is 0 Å². The number of carbonyl (C=O) groups excluding carboxylic acids is 2. The van der Waals surface area contributed by atoms with Crippen molar-refractivity contribution in [1.29, 1.82) is 0 Å². The van der Waals surface area contributed by atoms with Crippen LogP contribution in [0.15, 0.2) is 66.7 Å². The topological polar surface area (TPSA) is 72.5 Å². The van der Waals surface area contributed by atoms with Crippen LogP contribution >= 0.6 is 0 Å². The van der Waals surface area contributed by atoms with Crippen LogP contribution in [-0.2, 0) is 29.1 Å². The molecule has 2 amide bonds. The zero-order valence-corrected chi connectivity index (χ0v) is 24.0. The Morgan fingerprint density at radius 2 is 1.67 bits per heavy atom. The number of halogens is 2. The Kier molecular flexibility index (Phi) is 9.59. The number of imidazole rings is 1. The lowest BCUT2D eigenvalue weighted by Gasteiger charge is -2.28. The molecule has 42 heavy (non-hydrogen) atoms. The number of aryl methyl sites for hydroxylation is 1. The highest BCUT2D eigenvalue weighted by Crippen LogP contribution is 2.27. The van der Waals surface area contributed by atoms with E-state index in [2.05, 4.69) is 27.0 Å². The number of anilines is 1. The molecule has 220 valence electrons. The van der Waals surface area contributed by atoms with E-state index in [0.717, 1.165) is 47.4 Å². The fraction of sp³-hybridized carbons (Fsp3) is 0.364. The summed E-state index contributed by atoms with van der Waals surface area (Å²) in [5.41, 5.74) is 3.83. The standard InChI is InChI=1S/C33H37F2N5O2/c1-24(41)40-17-9-16-38(22-25-10-3-2-4-11-25)18-19-39(23-26-20-27(34)28(35)21-31(26)40)33(42)15-8-7-14-32-36-29-12-5-6-13-30(29)37-32/h2-6,10-13,20-21H,7-9,14-19,22-23H2,1H3,(H,36,37). The molecule has 0 spiro atoms. The molecule has 0 saturated carbocycles. The molecule has 0 radical (unpaired) electrons. The van der Waals surface area contributed by atoms with Gasteiger partial charge < -0.3 is 14.8 Å². The number of H-pyrrole nitrogens is 1. The molecule has 1 N–H and O–H groups in total. The largest absolute Gasteiger partial charge is 0.342 e. The van der Waals surface area contributed by atoms with E-state index in [4.69, 9.17) is 0 Å². The van der Waals surface area contributed by atoms with Crippen LogP contribution < -0.4 is 4.90 Å². The summed E-state index contributed by atoms with van der Waals surface area (Å²) in [6.45, 7) is 4.35. The second kappa shape index (κ2) is 13.7. The minimum atomic E-state index is -1.01. The number of nitrogens with zero attached hydrogens (tertiary/aromatic N) is 4. The van der Waals surface area contributed by atoms with Crippen LogP contribution in [0.5, 0.6) is 0 Å². The van der Waals surface area contributed by atoms with Crippen molar-refractivity contribution in [3.05, 3.63) is 95.3 Å². The van der Waals surface area contributed by atoms with Gasteiger partial charge in [-0.2, -0.15) is 0 Å². The first kappa shape index (κ1) is 29.4. The van der Waals surface area contributed by atoms with Crippen molar-refractivity contribution in [2.75, 3.05) is 31.1 Å². The monoisotopic (exact) mass is 573 g/mol. The minimum Gasteiger partial charge on any atom is -0.342 e. The molecule has 0 saturated heterocycles. The maximum atomic E-state index is 14.5. The molecule has 2 heterocycles. The van der Waals surface area contributed by atoms with Crippen molar-refractivity contribution in [2.24, 2.45) is 0 Å². The number of benzene rings is 3. The number of amides is 2. The van der Waals surface area contributed by atoms with Gasteiger partial charge in [0.15, 0.2) is 11.6 Å². The van der Waals surface area contributed by atoms with E-state index in [-0.39, 0.29) is 18.4 Å². The Morgan fingerprint density at radius 1 is 0.905 bits per heavy atom. The van der Waals surface area contributed by atoms with Crippen LogP contribution in [0.1, 0.15) is 49.6 Å². The SMILES string of the molecule is CC(=O)N1CCCN(Cc2ccccc2)CCN(C(=O)CCCCc2nc3ccccc3[nH]2)Cc2cc(F)c(F)cc21. The maximum Gasteiger partial charge on any atom is 0.223 e. The number of hydrogen-bond acceptors (Lipinski definition) is 4. The summed E-state index contributed by atoms with van der Waals surface area (Å²) in [4.78, 5) is 39.7. The van der Waals surface area contributed by atoms with Gasteiger partial charge in [0.1, 0.15) is 5.82 Å². The smallest absolute Gasteiger partial charge is 0.223 e. The van der Waals surface area contributed by atoms with E-state index in [1.54, 1.807) is 4.90 Å². The lowest BCUT2D eigenvalue weighted by molar-refractivity contribution is -0.132. The van der Waals surface area contributed by atoms with Gasteiger partial charge in [-0.05, 0) is 48.6 Å². The second-order valence-electron chi connectivity index (χ2n) is 10.9. The fourth-order valence-electron chi connectivity index (χ4n) is 5.58. The molecule has 0 fully saturated rings. The Morgan fingerprint density at radius 3 is 2.45 bits per heavy atom. The van der Waals surface area contributed by atoms with Crippen LogP contribution in [0, 0.1) is 11.6 Å². The van der Waals surface area contributed by atoms with Crippen LogP contribution in [0.2, 0.25) is 0 Å². The van der Waals surface area contributed by atoms with Crippen LogP contribution in [0.25, 0.3) is 11.0 Å². The van der Waals surface area contributed by atoms with E-state index < -0.39 is 11.6 Å². The van der Waals surface area contributed by atoms with Crippen molar-refractivity contribution in [3.63, 3.8) is 0 Å². The summed E-state index contributed by atoms with van der Waals surface area (Å²) >= 11 is 0. The third-order valence-corrected chi connectivity index (χ3v) is 7.79. The van der Waals surface area contributed by atoms with E-state index in [9.17, 15) is 18.4 Å². The summed E-state index contributed by atoms with van der Waals surface area (Å²) < 4.78 is 28.9. The summed E-state index contributed by atoms with van der Waals surface area (Å²) in [7, 11) is 0. The van der Waals surface area contributed by atoms with Gasteiger partial charge in [0, 0.05) is 65.1 Å². The van der Waals surface area contributed by atoms with Crippen LogP contribution in [0.3, 0.4) is 0 Å². The molecule has 5 rings (SSSR count). The number of unbranched alkanes of at least 4 members (excludes halogenated alkanes) is 1. The second-order valence-corrected chi connectivity index (χ2v) is 10.9. The number of aromatic nitrogens is 2. The molecule has 1 aliphatic rings. The maximum absolute atomic E-state index is 14.5. The molecular weight excluding hydrogens is 536 g/mol. The molecule has 1 aliphatic heterocycles. The van der Waals surface area contributed by atoms with Gasteiger partial charge in [0.05, 0.1) is 16.7 Å². The highest BCUT2D eigenvalue weighted by molar-refractivity contribution is 5.92. The number of rotatable bonds is 7. The molecule has 0 unspecified atom stereocenters. The van der Waals surface area contributed by atoms with Crippen LogP contribution in [0.4, 0.5) is 14.5 Å². The quantitative estimate of drug-likeness (QED) is 0.282. The van der Waals surface area contributed by atoms with E-state index >= 15 is 0 Å². The van der Waals surface area contributed by atoms with Gasteiger partial charge >= 0.3 is 0 Å². The number of fused-ring (bicyclic) bond motifs is 2. The number of carbonyl (C=O) groups is 2. The van der Waals surface area contributed by atoms with Gasteiger partial charge in [-0.3, -0.25) is 14.5 Å². The van der Waals surface area contributed by atoms with Crippen LogP contribution in [-0.4, -0.2) is 57.8 Å². The molecule has 1 aromatic heterocycles. The Bertz CT molecular complexity index is 1490. The lowest BCUT2D eigenvalue weighted by atomic mass is 10.1. The summed E-state index contributed by atoms with van der Waals surface area (Å²) in [6.07, 6.45) is 3.17. The fourth-order valence-corrected chi connectivity index (χ4v) is 5.58. The molecule has 9 heteroatoms. The Hall–Kier alpha value is -4.11. The summed E-state index contributed by atoms with van der Waals surface area (Å²) in [6, 6.07) is 20.2. The third-order valence-electron chi connectivity index (χ3n) is 7.79. The average molecular weight is 574 g/mol. The number of hydrogen-bond donors (Lipinski definition) is 1. The highest BCUT2D eigenvalue weighted by atomic mass is 19.2. The third kappa shape index (κ3) is 7.39. The minimum absolute atomic E-state index is 0.0522. The Labute approximate surface area is 245 Å². The molecule has 0 atom stereocenters. The highest BCUT2D eigenvalue weighted by Gasteiger charge is 2.24. The predicted octanol–water partition coefficient (Wildman–Crippen LogP) is 5.84.